The summed E-state index contributed by atoms with van der Waals surface area (Å²) < 4.78 is 11.0. The summed E-state index contributed by atoms with van der Waals surface area (Å²) in [5.41, 5.74) is 1.75. The van der Waals surface area contributed by atoms with Crippen molar-refractivity contribution < 1.29 is 14.3 Å². The number of nitrogens with zero attached hydrogens (tertiary/aromatic N) is 2. The smallest absolute Gasteiger partial charge is 0.316 e. The van der Waals surface area contributed by atoms with E-state index < -0.39 is 0 Å². The van der Waals surface area contributed by atoms with Gasteiger partial charge >= 0.3 is 6.01 Å². The lowest BCUT2D eigenvalue weighted by atomic mass is 10.3. The first-order valence-electron chi connectivity index (χ1n) is 7.05. The van der Waals surface area contributed by atoms with Crippen LogP contribution >= 0.6 is 0 Å². The zero-order chi connectivity index (χ0) is 15.8. The molecule has 1 N–H and O–H groups in total. The van der Waals surface area contributed by atoms with Crippen molar-refractivity contribution in [3.8, 4) is 11.8 Å². The standard InChI is InChI=1S/C16H19N3O3/c1-12-10-17-16(18-11-12)22-9-3-8-21-15-6-4-14(5-7-15)19-13(2)20/h4-7,10-11H,3,8-9H2,1-2H3,(H,19,20). The van der Waals surface area contributed by atoms with E-state index in [0.29, 0.717) is 19.2 Å². The summed E-state index contributed by atoms with van der Waals surface area (Å²) in [6.45, 7) is 4.43. The van der Waals surface area contributed by atoms with Crippen LogP contribution in [0, 0.1) is 6.92 Å². The highest BCUT2D eigenvalue weighted by atomic mass is 16.5. The fraction of sp³-hybridized carbons (Fsp3) is 0.312. The third-order valence-electron chi connectivity index (χ3n) is 2.72. The molecule has 0 aliphatic heterocycles. The number of carbonyl (C=O) groups excluding carboxylic acids is 1. The summed E-state index contributed by atoms with van der Waals surface area (Å²) in [6, 6.07) is 7.61. The van der Waals surface area contributed by atoms with Crippen LogP contribution < -0.4 is 14.8 Å². The minimum Gasteiger partial charge on any atom is -0.493 e. The van der Waals surface area contributed by atoms with Gasteiger partial charge in [0.2, 0.25) is 5.91 Å². The van der Waals surface area contributed by atoms with Gasteiger partial charge < -0.3 is 14.8 Å². The maximum absolute atomic E-state index is 10.9. The second kappa shape index (κ2) is 7.97. The predicted molar refractivity (Wildman–Crippen MR) is 83.1 cm³/mol. The van der Waals surface area contributed by atoms with Gasteiger partial charge in [0.15, 0.2) is 0 Å². The van der Waals surface area contributed by atoms with E-state index >= 15 is 0 Å². The van der Waals surface area contributed by atoms with E-state index in [1.807, 2.05) is 19.1 Å². The maximum Gasteiger partial charge on any atom is 0.316 e. The average molecular weight is 301 g/mol. The van der Waals surface area contributed by atoms with Crippen molar-refractivity contribution in [2.75, 3.05) is 18.5 Å². The highest BCUT2D eigenvalue weighted by molar-refractivity contribution is 5.88. The van der Waals surface area contributed by atoms with Crippen molar-refractivity contribution in [3.05, 3.63) is 42.2 Å². The molecule has 0 bridgehead atoms. The minimum absolute atomic E-state index is 0.0934. The number of hydrogen-bond acceptors (Lipinski definition) is 5. The Labute approximate surface area is 129 Å². The van der Waals surface area contributed by atoms with Crippen LogP contribution in [-0.4, -0.2) is 29.1 Å². The number of amides is 1. The Kier molecular flexibility index (Phi) is 5.71. The number of aromatic nitrogens is 2. The Morgan fingerprint density at radius 3 is 2.36 bits per heavy atom. The number of benzene rings is 1. The van der Waals surface area contributed by atoms with Crippen LogP contribution in [0.4, 0.5) is 5.69 Å². The number of aryl methyl sites for hydroxylation is 1. The zero-order valence-electron chi connectivity index (χ0n) is 12.7. The van der Waals surface area contributed by atoms with E-state index in [1.165, 1.54) is 6.92 Å². The minimum atomic E-state index is -0.0934. The highest BCUT2D eigenvalue weighted by Crippen LogP contribution is 2.15. The third kappa shape index (κ3) is 5.40. The Bertz CT molecular complexity index is 597. The molecule has 0 unspecified atom stereocenters. The van der Waals surface area contributed by atoms with Crippen LogP contribution in [0.15, 0.2) is 36.7 Å². The van der Waals surface area contributed by atoms with Gasteiger partial charge in [-0.15, -0.1) is 0 Å². The molecular formula is C16H19N3O3. The number of rotatable bonds is 7. The second-order valence-electron chi connectivity index (χ2n) is 4.80. The lowest BCUT2D eigenvalue weighted by Gasteiger charge is -2.08. The van der Waals surface area contributed by atoms with Crippen molar-refractivity contribution in [2.45, 2.75) is 20.3 Å². The van der Waals surface area contributed by atoms with Crippen molar-refractivity contribution in [1.82, 2.24) is 9.97 Å². The van der Waals surface area contributed by atoms with Crippen molar-refractivity contribution >= 4 is 11.6 Å². The summed E-state index contributed by atoms with van der Waals surface area (Å²) in [7, 11) is 0. The van der Waals surface area contributed by atoms with Gasteiger partial charge in [0.05, 0.1) is 13.2 Å². The highest BCUT2D eigenvalue weighted by Gasteiger charge is 1.99. The van der Waals surface area contributed by atoms with Gasteiger partial charge in [0.25, 0.3) is 0 Å². The molecule has 0 radical (unpaired) electrons. The van der Waals surface area contributed by atoms with Crippen LogP contribution in [0.2, 0.25) is 0 Å². The molecular weight excluding hydrogens is 282 g/mol. The van der Waals surface area contributed by atoms with Crippen molar-refractivity contribution in [3.63, 3.8) is 0 Å². The lowest BCUT2D eigenvalue weighted by Crippen LogP contribution is -2.07. The number of nitrogens with one attached hydrogen (secondary N) is 1. The molecule has 6 heteroatoms. The first-order valence-corrected chi connectivity index (χ1v) is 7.05. The van der Waals surface area contributed by atoms with E-state index in [9.17, 15) is 4.79 Å². The molecule has 0 aliphatic rings. The average Bonchev–Trinajstić information content (AvgIpc) is 2.50. The number of anilines is 1. The molecule has 0 aliphatic carbocycles. The Morgan fingerprint density at radius 2 is 1.73 bits per heavy atom. The molecule has 6 nitrogen and oxygen atoms in total. The summed E-state index contributed by atoms with van der Waals surface area (Å²) in [5, 5.41) is 2.70. The third-order valence-corrected chi connectivity index (χ3v) is 2.72. The molecule has 1 heterocycles. The van der Waals surface area contributed by atoms with E-state index in [1.54, 1.807) is 24.5 Å². The van der Waals surface area contributed by atoms with Crippen LogP contribution in [0.25, 0.3) is 0 Å². The first-order chi connectivity index (χ1) is 10.6. The van der Waals surface area contributed by atoms with E-state index in [2.05, 4.69) is 15.3 Å². The molecule has 2 aromatic rings. The largest absolute Gasteiger partial charge is 0.493 e. The van der Waals surface area contributed by atoms with Gasteiger partial charge in [-0.1, -0.05) is 0 Å². The fourth-order valence-electron chi connectivity index (χ4n) is 1.71. The molecule has 2 rings (SSSR count). The zero-order valence-corrected chi connectivity index (χ0v) is 12.7. The number of carbonyl (C=O) groups is 1. The first kappa shape index (κ1) is 15.8. The van der Waals surface area contributed by atoms with E-state index in [-0.39, 0.29) is 5.91 Å². The molecule has 0 fully saturated rings. The summed E-state index contributed by atoms with van der Waals surface area (Å²) in [4.78, 5) is 19.0. The quantitative estimate of drug-likeness (QED) is 0.796. The van der Waals surface area contributed by atoms with E-state index in [4.69, 9.17) is 9.47 Å². The van der Waals surface area contributed by atoms with Crippen LogP contribution in [0.5, 0.6) is 11.8 Å². The van der Waals surface area contributed by atoms with Gasteiger partial charge in [0, 0.05) is 31.4 Å². The molecule has 1 aromatic heterocycles. The normalized spacial score (nSPS) is 10.1. The summed E-state index contributed by atoms with van der Waals surface area (Å²) >= 11 is 0. The molecule has 1 aromatic carbocycles. The van der Waals surface area contributed by atoms with Crippen LogP contribution in [-0.2, 0) is 4.79 Å². The number of ether oxygens (including phenoxy) is 2. The van der Waals surface area contributed by atoms with Gasteiger partial charge in [-0.25, -0.2) is 9.97 Å². The Morgan fingerprint density at radius 1 is 1.09 bits per heavy atom. The van der Waals surface area contributed by atoms with E-state index in [0.717, 1.165) is 23.4 Å². The van der Waals surface area contributed by atoms with Gasteiger partial charge in [0.1, 0.15) is 5.75 Å². The van der Waals surface area contributed by atoms with Crippen molar-refractivity contribution in [2.24, 2.45) is 0 Å². The Hall–Kier alpha value is -2.63. The van der Waals surface area contributed by atoms with Crippen molar-refractivity contribution in [1.29, 1.82) is 0 Å². The lowest BCUT2D eigenvalue weighted by molar-refractivity contribution is -0.114. The monoisotopic (exact) mass is 301 g/mol. The fourth-order valence-corrected chi connectivity index (χ4v) is 1.71. The van der Waals surface area contributed by atoms with Gasteiger partial charge in [-0.2, -0.15) is 0 Å². The second-order valence-corrected chi connectivity index (χ2v) is 4.80. The molecule has 116 valence electrons. The van der Waals surface area contributed by atoms with Crippen LogP contribution in [0.3, 0.4) is 0 Å². The molecule has 0 spiro atoms. The van der Waals surface area contributed by atoms with Crippen LogP contribution in [0.1, 0.15) is 18.9 Å². The molecule has 0 saturated carbocycles. The SMILES string of the molecule is CC(=O)Nc1ccc(OCCCOc2ncc(C)cn2)cc1. The topological polar surface area (TPSA) is 73.3 Å². The molecule has 0 saturated heterocycles. The number of hydrogen-bond donors (Lipinski definition) is 1. The maximum atomic E-state index is 10.9. The molecule has 22 heavy (non-hydrogen) atoms. The van der Waals surface area contributed by atoms with Gasteiger partial charge in [-0.05, 0) is 36.8 Å². The summed E-state index contributed by atoms with van der Waals surface area (Å²) in [6.07, 6.45) is 4.16. The summed E-state index contributed by atoms with van der Waals surface area (Å²) in [5.74, 6) is 0.657. The van der Waals surface area contributed by atoms with Gasteiger partial charge in [-0.3, -0.25) is 4.79 Å². The molecule has 1 amide bonds. The molecule has 0 atom stereocenters. The predicted octanol–water partition coefficient (Wildman–Crippen LogP) is 2.59. The Balaban J connectivity index is 1.66.